The Labute approximate surface area is 202 Å². The van der Waals surface area contributed by atoms with Gasteiger partial charge in [0.15, 0.2) is 5.96 Å². The van der Waals surface area contributed by atoms with Crippen molar-refractivity contribution < 1.29 is 14.3 Å². The first-order valence-electron chi connectivity index (χ1n) is 10.3. The molecule has 0 bridgehead atoms. The second-order valence-electron chi connectivity index (χ2n) is 6.64. The Balaban J connectivity index is 0.00000480. The number of benzene rings is 2. The number of amides is 1. The molecule has 170 valence electrons. The third-order valence-corrected chi connectivity index (χ3v) is 4.20. The fourth-order valence-corrected chi connectivity index (χ4v) is 2.67. The van der Waals surface area contributed by atoms with Gasteiger partial charge in [0.25, 0.3) is 0 Å². The summed E-state index contributed by atoms with van der Waals surface area (Å²) in [6.07, 6.45) is 1.37. The van der Waals surface area contributed by atoms with Crippen LogP contribution in [0.3, 0.4) is 0 Å². The molecule has 0 saturated carbocycles. The Morgan fingerprint density at radius 2 is 1.65 bits per heavy atom. The van der Waals surface area contributed by atoms with Gasteiger partial charge in [0.1, 0.15) is 18.1 Å². The molecule has 2 rings (SSSR count). The summed E-state index contributed by atoms with van der Waals surface area (Å²) in [7, 11) is 1.64. The number of ether oxygens (including phenoxy) is 2. The zero-order valence-corrected chi connectivity index (χ0v) is 20.8. The van der Waals surface area contributed by atoms with E-state index in [-0.39, 0.29) is 29.9 Å². The molecule has 0 spiro atoms. The van der Waals surface area contributed by atoms with Crippen molar-refractivity contribution in [3.8, 4) is 11.5 Å². The number of anilines is 1. The van der Waals surface area contributed by atoms with Crippen LogP contribution in [0.2, 0.25) is 0 Å². The van der Waals surface area contributed by atoms with Gasteiger partial charge in [-0.15, -0.1) is 24.0 Å². The van der Waals surface area contributed by atoms with Gasteiger partial charge in [-0.1, -0.05) is 19.1 Å². The molecule has 0 heterocycles. The molecule has 0 atom stereocenters. The Hall–Kier alpha value is -2.49. The number of nitrogens with zero attached hydrogens (tertiary/aromatic N) is 1. The summed E-state index contributed by atoms with van der Waals surface area (Å²) in [5.74, 6) is 2.37. The summed E-state index contributed by atoms with van der Waals surface area (Å²) < 4.78 is 10.9. The van der Waals surface area contributed by atoms with Crippen molar-refractivity contribution in [1.82, 2.24) is 10.6 Å². The molecule has 2 aromatic rings. The maximum absolute atomic E-state index is 11.7. The molecule has 0 saturated heterocycles. The lowest BCUT2D eigenvalue weighted by Gasteiger charge is -2.12. The smallest absolute Gasteiger partial charge is 0.224 e. The monoisotopic (exact) mass is 540 g/mol. The molecule has 0 aliphatic rings. The number of hydrogen-bond acceptors (Lipinski definition) is 4. The second kappa shape index (κ2) is 15.3. The third kappa shape index (κ3) is 10.4. The summed E-state index contributed by atoms with van der Waals surface area (Å²) in [6, 6.07) is 15.3. The summed E-state index contributed by atoms with van der Waals surface area (Å²) in [6.45, 7) is 6.47. The van der Waals surface area contributed by atoms with Gasteiger partial charge in [-0.25, -0.2) is 4.99 Å². The first-order chi connectivity index (χ1) is 14.6. The van der Waals surface area contributed by atoms with Gasteiger partial charge in [-0.05, 0) is 55.3 Å². The zero-order valence-electron chi connectivity index (χ0n) is 18.4. The highest BCUT2D eigenvalue weighted by molar-refractivity contribution is 14.0. The van der Waals surface area contributed by atoms with Gasteiger partial charge in [-0.3, -0.25) is 4.79 Å². The molecule has 8 heteroatoms. The van der Waals surface area contributed by atoms with Crippen LogP contribution in [0.15, 0.2) is 53.5 Å². The molecule has 7 nitrogen and oxygen atoms in total. The third-order valence-electron chi connectivity index (χ3n) is 4.20. The summed E-state index contributed by atoms with van der Waals surface area (Å²) in [5, 5.41) is 9.38. The fraction of sp³-hybridized carbons (Fsp3) is 0.391. The van der Waals surface area contributed by atoms with Crippen molar-refractivity contribution in [2.24, 2.45) is 4.99 Å². The highest BCUT2D eigenvalue weighted by Crippen LogP contribution is 2.16. The SMILES string of the molecule is CCCC(=O)Nc1ccc(CN=C(NCC)NCCOc2ccc(OC)cc2)cc1.I. The molecule has 2 aromatic carbocycles. The largest absolute Gasteiger partial charge is 0.497 e. The average Bonchev–Trinajstić information content (AvgIpc) is 2.76. The highest BCUT2D eigenvalue weighted by Gasteiger charge is 2.02. The quantitative estimate of drug-likeness (QED) is 0.172. The van der Waals surface area contributed by atoms with E-state index in [1.165, 1.54) is 0 Å². The van der Waals surface area contributed by atoms with Crippen LogP contribution in [0.5, 0.6) is 11.5 Å². The molecule has 0 aromatic heterocycles. The van der Waals surface area contributed by atoms with Crippen molar-refractivity contribution >= 4 is 41.5 Å². The number of nitrogens with one attached hydrogen (secondary N) is 3. The minimum absolute atomic E-state index is 0. The molecule has 0 unspecified atom stereocenters. The van der Waals surface area contributed by atoms with Crippen molar-refractivity contribution in [1.29, 1.82) is 0 Å². The van der Waals surface area contributed by atoms with Crippen LogP contribution in [0.4, 0.5) is 5.69 Å². The molecule has 0 aliphatic carbocycles. The van der Waals surface area contributed by atoms with E-state index >= 15 is 0 Å². The van der Waals surface area contributed by atoms with Crippen LogP contribution in [-0.4, -0.2) is 38.7 Å². The summed E-state index contributed by atoms with van der Waals surface area (Å²) >= 11 is 0. The van der Waals surface area contributed by atoms with Crippen LogP contribution >= 0.6 is 24.0 Å². The Kier molecular flexibility index (Phi) is 13.1. The molecule has 0 aliphatic heterocycles. The topological polar surface area (TPSA) is 84.0 Å². The first kappa shape index (κ1) is 26.5. The minimum atomic E-state index is 0. The number of aliphatic imine (C=N–C) groups is 1. The lowest BCUT2D eigenvalue weighted by molar-refractivity contribution is -0.116. The van der Waals surface area contributed by atoms with Crippen molar-refractivity contribution in [3.05, 3.63) is 54.1 Å². The lowest BCUT2D eigenvalue weighted by Crippen LogP contribution is -2.39. The standard InChI is InChI=1S/C23H32N4O3.HI/c1-4-6-22(28)27-19-9-7-18(8-10-19)17-26-23(24-5-2)25-15-16-30-21-13-11-20(29-3)12-14-21;/h7-14H,4-6,15-17H2,1-3H3,(H,27,28)(H2,24,25,26);1H. The number of carbonyl (C=O) groups excluding carboxylic acids is 1. The molecule has 1 amide bonds. The first-order valence-corrected chi connectivity index (χ1v) is 10.3. The van der Waals surface area contributed by atoms with E-state index in [0.717, 1.165) is 41.7 Å². The Bertz CT molecular complexity index is 795. The van der Waals surface area contributed by atoms with E-state index < -0.39 is 0 Å². The maximum Gasteiger partial charge on any atom is 0.224 e. The molecular weight excluding hydrogens is 507 g/mol. The van der Waals surface area contributed by atoms with Crippen molar-refractivity contribution in [2.45, 2.75) is 33.2 Å². The average molecular weight is 540 g/mol. The van der Waals surface area contributed by atoms with Crippen LogP contribution in [0.1, 0.15) is 32.3 Å². The van der Waals surface area contributed by atoms with Crippen molar-refractivity contribution in [2.75, 3.05) is 32.1 Å². The number of carbonyl (C=O) groups is 1. The Morgan fingerprint density at radius 1 is 0.968 bits per heavy atom. The predicted molar refractivity (Wildman–Crippen MR) is 137 cm³/mol. The van der Waals surface area contributed by atoms with Crippen LogP contribution in [-0.2, 0) is 11.3 Å². The number of hydrogen-bond donors (Lipinski definition) is 3. The number of rotatable bonds is 11. The molecular formula is C23H33IN4O3. The van der Waals surface area contributed by atoms with Crippen LogP contribution < -0.4 is 25.4 Å². The highest BCUT2D eigenvalue weighted by atomic mass is 127. The summed E-state index contributed by atoms with van der Waals surface area (Å²) in [5.41, 5.74) is 1.87. The van der Waals surface area contributed by atoms with Gasteiger partial charge >= 0.3 is 0 Å². The van der Waals surface area contributed by atoms with Crippen LogP contribution in [0, 0.1) is 0 Å². The molecule has 3 N–H and O–H groups in total. The zero-order chi connectivity index (χ0) is 21.6. The molecule has 0 radical (unpaired) electrons. The normalized spacial score (nSPS) is 10.6. The van der Waals surface area contributed by atoms with E-state index in [0.29, 0.717) is 26.1 Å². The van der Waals surface area contributed by atoms with E-state index in [2.05, 4.69) is 20.9 Å². The number of halogens is 1. The maximum atomic E-state index is 11.7. The van der Waals surface area contributed by atoms with E-state index in [4.69, 9.17) is 9.47 Å². The second-order valence-corrected chi connectivity index (χ2v) is 6.64. The van der Waals surface area contributed by atoms with Gasteiger partial charge in [0, 0.05) is 18.7 Å². The minimum Gasteiger partial charge on any atom is -0.497 e. The Morgan fingerprint density at radius 3 is 2.26 bits per heavy atom. The van der Waals surface area contributed by atoms with Gasteiger partial charge in [0.05, 0.1) is 20.2 Å². The van der Waals surface area contributed by atoms with Gasteiger partial charge < -0.3 is 25.4 Å². The van der Waals surface area contributed by atoms with E-state index in [1.807, 2.05) is 62.4 Å². The lowest BCUT2D eigenvalue weighted by atomic mass is 10.2. The molecule has 31 heavy (non-hydrogen) atoms. The fourth-order valence-electron chi connectivity index (χ4n) is 2.67. The molecule has 0 fully saturated rings. The van der Waals surface area contributed by atoms with Gasteiger partial charge in [-0.2, -0.15) is 0 Å². The van der Waals surface area contributed by atoms with Crippen LogP contribution in [0.25, 0.3) is 0 Å². The number of methoxy groups -OCH3 is 1. The van der Waals surface area contributed by atoms with Crippen molar-refractivity contribution in [3.63, 3.8) is 0 Å². The predicted octanol–water partition coefficient (Wildman–Crippen LogP) is 4.19. The number of guanidine groups is 1. The van der Waals surface area contributed by atoms with E-state index in [1.54, 1.807) is 7.11 Å². The van der Waals surface area contributed by atoms with E-state index in [9.17, 15) is 4.79 Å². The van der Waals surface area contributed by atoms with Gasteiger partial charge in [0.2, 0.25) is 5.91 Å². The summed E-state index contributed by atoms with van der Waals surface area (Å²) in [4.78, 5) is 16.3.